The van der Waals surface area contributed by atoms with E-state index < -0.39 is 0 Å². The third-order valence-corrected chi connectivity index (χ3v) is 3.10. The summed E-state index contributed by atoms with van der Waals surface area (Å²) < 4.78 is 1.91. The van der Waals surface area contributed by atoms with Crippen molar-refractivity contribution < 1.29 is 0 Å². The average Bonchev–Trinajstić information content (AvgIpc) is 2.83. The molecule has 2 aromatic rings. The van der Waals surface area contributed by atoms with Crippen molar-refractivity contribution in [1.82, 2.24) is 14.7 Å². The molecule has 0 saturated heterocycles. The SMILES string of the molecule is CCCN(CCn1ccc(N)n1)Cc1ccccc1. The summed E-state index contributed by atoms with van der Waals surface area (Å²) >= 11 is 0. The maximum absolute atomic E-state index is 5.62. The third kappa shape index (κ3) is 4.41. The molecule has 1 heterocycles. The summed E-state index contributed by atoms with van der Waals surface area (Å²) in [6.45, 7) is 6.18. The van der Waals surface area contributed by atoms with E-state index in [2.05, 4.69) is 47.3 Å². The molecule has 2 N–H and O–H groups in total. The summed E-state index contributed by atoms with van der Waals surface area (Å²) in [5.74, 6) is 0.588. The van der Waals surface area contributed by atoms with Crippen LogP contribution in [0.25, 0.3) is 0 Å². The Balaban J connectivity index is 1.89. The third-order valence-electron chi connectivity index (χ3n) is 3.10. The van der Waals surface area contributed by atoms with E-state index in [1.54, 1.807) is 0 Å². The molecule has 0 unspecified atom stereocenters. The number of rotatable bonds is 7. The fourth-order valence-electron chi connectivity index (χ4n) is 2.17. The second kappa shape index (κ2) is 6.95. The molecule has 0 radical (unpaired) electrons. The van der Waals surface area contributed by atoms with Crippen LogP contribution in [-0.4, -0.2) is 27.8 Å². The lowest BCUT2D eigenvalue weighted by molar-refractivity contribution is 0.251. The van der Waals surface area contributed by atoms with Gasteiger partial charge in [-0.25, -0.2) is 0 Å². The Kier molecular flexibility index (Phi) is 4.98. The highest BCUT2D eigenvalue weighted by Crippen LogP contribution is 2.06. The minimum absolute atomic E-state index is 0.588. The zero-order valence-electron chi connectivity index (χ0n) is 11.5. The minimum atomic E-state index is 0.588. The number of benzene rings is 1. The molecular formula is C15H22N4. The van der Waals surface area contributed by atoms with Crippen LogP contribution in [0, 0.1) is 0 Å². The van der Waals surface area contributed by atoms with Gasteiger partial charge in [0.1, 0.15) is 5.82 Å². The molecule has 4 heteroatoms. The van der Waals surface area contributed by atoms with Crippen molar-refractivity contribution in [1.29, 1.82) is 0 Å². The highest BCUT2D eigenvalue weighted by molar-refractivity contribution is 5.23. The van der Waals surface area contributed by atoms with Crippen LogP contribution in [0.2, 0.25) is 0 Å². The topological polar surface area (TPSA) is 47.1 Å². The lowest BCUT2D eigenvalue weighted by Crippen LogP contribution is -2.28. The van der Waals surface area contributed by atoms with Gasteiger partial charge >= 0.3 is 0 Å². The van der Waals surface area contributed by atoms with Crippen molar-refractivity contribution in [2.24, 2.45) is 0 Å². The van der Waals surface area contributed by atoms with Gasteiger partial charge in [-0.2, -0.15) is 5.10 Å². The van der Waals surface area contributed by atoms with E-state index in [0.717, 1.165) is 32.6 Å². The minimum Gasteiger partial charge on any atom is -0.382 e. The Labute approximate surface area is 114 Å². The van der Waals surface area contributed by atoms with E-state index >= 15 is 0 Å². The summed E-state index contributed by atoms with van der Waals surface area (Å²) in [4.78, 5) is 2.45. The zero-order chi connectivity index (χ0) is 13.5. The molecule has 0 fully saturated rings. The average molecular weight is 258 g/mol. The van der Waals surface area contributed by atoms with Crippen LogP contribution in [0.1, 0.15) is 18.9 Å². The molecular weight excluding hydrogens is 236 g/mol. The van der Waals surface area contributed by atoms with Crippen molar-refractivity contribution in [3.8, 4) is 0 Å². The van der Waals surface area contributed by atoms with Gasteiger partial charge in [-0.3, -0.25) is 9.58 Å². The van der Waals surface area contributed by atoms with Crippen LogP contribution in [0.3, 0.4) is 0 Å². The van der Waals surface area contributed by atoms with Gasteiger partial charge in [0.2, 0.25) is 0 Å². The van der Waals surface area contributed by atoms with Gasteiger partial charge in [0.25, 0.3) is 0 Å². The first-order valence-corrected chi connectivity index (χ1v) is 6.83. The van der Waals surface area contributed by atoms with Crippen molar-refractivity contribution in [2.75, 3.05) is 18.8 Å². The van der Waals surface area contributed by atoms with Gasteiger partial charge in [-0.05, 0) is 24.6 Å². The predicted octanol–water partition coefficient (Wildman–Crippen LogP) is 2.38. The summed E-state index contributed by atoms with van der Waals surface area (Å²) in [5, 5.41) is 4.22. The predicted molar refractivity (Wildman–Crippen MR) is 78.6 cm³/mol. The van der Waals surface area contributed by atoms with Crippen molar-refractivity contribution >= 4 is 5.82 Å². The highest BCUT2D eigenvalue weighted by atomic mass is 15.3. The quantitative estimate of drug-likeness (QED) is 0.829. The number of hydrogen-bond acceptors (Lipinski definition) is 3. The van der Waals surface area contributed by atoms with Gasteiger partial charge < -0.3 is 5.73 Å². The number of anilines is 1. The maximum atomic E-state index is 5.62. The first-order chi connectivity index (χ1) is 9.28. The molecule has 0 aliphatic rings. The van der Waals surface area contributed by atoms with E-state index in [1.807, 2.05) is 16.9 Å². The monoisotopic (exact) mass is 258 g/mol. The van der Waals surface area contributed by atoms with Crippen molar-refractivity contribution in [3.63, 3.8) is 0 Å². The molecule has 0 aliphatic carbocycles. The lowest BCUT2D eigenvalue weighted by atomic mass is 10.2. The smallest absolute Gasteiger partial charge is 0.145 e. The fourth-order valence-corrected chi connectivity index (χ4v) is 2.17. The summed E-state index contributed by atoms with van der Waals surface area (Å²) in [7, 11) is 0. The van der Waals surface area contributed by atoms with E-state index in [1.165, 1.54) is 5.56 Å². The van der Waals surface area contributed by atoms with Crippen molar-refractivity contribution in [3.05, 3.63) is 48.2 Å². The molecule has 0 saturated carbocycles. The Morgan fingerprint density at radius 1 is 1.16 bits per heavy atom. The number of nitrogens with zero attached hydrogens (tertiary/aromatic N) is 3. The van der Waals surface area contributed by atoms with Crippen molar-refractivity contribution in [2.45, 2.75) is 26.4 Å². The molecule has 102 valence electrons. The molecule has 0 spiro atoms. The molecule has 4 nitrogen and oxygen atoms in total. The molecule has 1 aromatic heterocycles. The molecule has 1 aromatic carbocycles. The van der Waals surface area contributed by atoms with E-state index in [-0.39, 0.29) is 0 Å². The van der Waals surface area contributed by atoms with Crippen LogP contribution in [0.15, 0.2) is 42.6 Å². The first-order valence-electron chi connectivity index (χ1n) is 6.83. The largest absolute Gasteiger partial charge is 0.382 e. The van der Waals surface area contributed by atoms with Gasteiger partial charge in [-0.1, -0.05) is 37.3 Å². The molecule has 0 bridgehead atoms. The fraction of sp³-hybridized carbons (Fsp3) is 0.400. The number of nitrogen functional groups attached to an aromatic ring is 1. The van der Waals surface area contributed by atoms with Crippen LogP contribution >= 0.6 is 0 Å². The second-order valence-corrected chi connectivity index (χ2v) is 4.77. The van der Waals surface area contributed by atoms with Gasteiger partial charge in [-0.15, -0.1) is 0 Å². The highest BCUT2D eigenvalue weighted by Gasteiger charge is 2.05. The molecule has 2 rings (SSSR count). The van der Waals surface area contributed by atoms with E-state index in [9.17, 15) is 0 Å². The number of aromatic nitrogens is 2. The normalized spacial score (nSPS) is 11.1. The van der Waals surface area contributed by atoms with Crippen LogP contribution in [0.5, 0.6) is 0 Å². The van der Waals surface area contributed by atoms with Gasteiger partial charge in [0.15, 0.2) is 0 Å². The summed E-state index contributed by atoms with van der Waals surface area (Å²) in [6.07, 6.45) is 3.09. The van der Waals surface area contributed by atoms with Crippen LogP contribution in [-0.2, 0) is 13.1 Å². The van der Waals surface area contributed by atoms with Crippen LogP contribution in [0.4, 0.5) is 5.82 Å². The zero-order valence-corrected chi connectivity index (χ0v) is 11.5. The molecule has 0 aliphatic heterocycles. The summed E-state index contributed by atoms with van der Waals surface area (Å²) in [6, 6.07) is 12.4. The van der Waals surface area contributed by atoms with Gasteiger partial charge in [0, 0.05) is 19.3 Å². The Morgan fingerprint density at radius 2 is 1.95 bits per heavy atom. The Hall–Kier alpha value is -1.81. The first kappa shape index (κ1) is 13.6. The standard InChI is InChI=1S/C15H22N4/c1-2-9-18(13-14-6-4-3-5-7-14)11-12-19-10-8-15(16)17-19/h3-8,10H,2,9,11-13H2,1H3,(H2,16,17). The summed E-state index contributed by atoms with van der Waals surface area (Å²) in [5.41, 5.74) is 6.98. The second-order valence-electron chi connectivity index (χ2n) is 4.77. The maximum Gasteiger partial charge on any atom is 0.145 e. The number of hydrogen-bond donors (Lipinski definition) is 1. The molecule has 0 amide bonds. The lowest BCUT2D eigenvalue weighted by Gasteiger charge is -2.21. The Bertz CT molecular complexity index is 478. The van der Waals surface area contributed by atoms with E-state index in [4.69, 9.17) is 5.73 Å². The van der Waals surface area contributed by atoms with Crippen LogP contribution < -0.4 is 5.73 Å². The van der Waals surface area contributed by atoms with E-state index in [0.29, 0.717) is 5.82 Å². The Morgan fingerprint density at radius 3 is 2.58 bits per heavy atom. The molecule has 19 heavy (non-hydrogen) atoms. The molecule has 0 atom stereocenters. The number of nitrogens with two attached hydrogens (primary N) is 1. The van der Waals surface area contributed by atoms with Gasteiger partial charge in [0.05, 0.1) is 6.54 Å².